The van der Waals surface area contributed by atoms with Gasteiger partial charge in [0.15, 0.2) is 0 Å². The fraction of sp³-hybridized carbons (Fsp3) is 0. The molecule has 0 aliphatic heterocycles. The van der Waals surface area contributed by atoms with Gasteiger partial charge in [-0.05, 0) is 18.2 Å². The van der Waals surface area contributed by atoms with Gasteiger partial charge in [0, 0.05) is 10.9 Å². The molecule has 3 nitrogen and oxygen atoms in total. The van der Waals surface area contributed by atoms with Crippen molar-refractivity contribution in [2.45, 2.75) is 0 Å². The van der Waals surface area contributed by atoms with Crippen molar-refractivity contribution in [3.05, 3.63) is 59.9 Å². The van der Waals surface area contributed by atoms with Crippen molar-refractivity contribution < 1.29 is 18.7 Å². The molecule has 0 unspecified atom stereocenters. The zero-order valence-electron chi connectivity index (χ0n) is 9.76. The van der Waals surface area contributed by atoms with Crippen LogP contribution in [0.2, 0.25) is 0 Å². The first-order valence-corrected chi connectivity index (χ1v) is 5.67. The number of para-hydroxylation sites is 1. The minimum atomic E-state index is -1.31. The molecule has 0 saturated carbocycles. The van der Waals surface area contributed by atoms with E-state index in [4.69, 9.17) is 9.52 Å². The molecule has 19 heavy (non-hydrogen) atoms. The highest BCUT2D eigenvalue weighted by Gasteiger charge is 2.19. The largest absolute Gasteiger partial charge is 0.478 e. The van der Waals surface area contributed by atoms with Gasteiger partial charge in [0.25, 0.3) is 0 Å². The second kappa shape index (κ2) is 4.24. The fourth-order valence-electron chi connectivity index (χ4n) is 2.06. The molecule has 2 aromatic carbocycles. The molecular weight excluding hydrogens is 247 g/mol. The molecule has 0 aliphatic carbocycles. The molecule has 0 spiro atoms. The first kappa shape index (κ1) is 11.5. The third-order valence-corrected chi connectivity index (χ3v) is 2.92. The topological polar surface area (TPSA) is 50.4 Å². The zero-order chi connectivity index (χ0) is 13.4. The number of aromatic carboxylic acids is 1. The van der Waals surface area contributed by atoms with Crippen LogP contribution < -0.4 is 0 Å². The smallest absolute Gasteiger partial charge is 0.339 e. The van der Waals surface area contributed by atoms with Gasteiger partial charge >= 0.3 is 5.97 Å². The number of hydrogen-bond acceptors (Lipinski definition) is 2. The summed E-state index contributed by atoms with van der Waals surface area (Å²) in [5, 5.41) is 9.95. The molecule has 0 bridgehead atoms. The van der Waals surface area contributed by atoms with Gasteiger partial charge in [-0.3, -0.25) is 0 Å². The zero-order valence-corrected chi connectivity index (χ0v) is 9.76. The van der Waals surface area contributed by atoms with Crippen LogP contribution in [0.25, 0.3) is 22.3 Å². The molecule has 3 rings (SSSR count). The average Bonchev–Trinajstić information content (AvgIpc) is 2.81. The van der Waals surface area contributed by atoms with Crippen LogP contribution in [0.4, 0.5) is 4.39 Å². The van der Waals surface area contributed by atoms with E-state index in [-0.39, 0.29) is 11.1 Å². The molecule has 1 N–H and O–H groups in total. The number of fused-ring (bicyclic) bond motifs is 1. The SMILES string of the molecule is O=C(O)c1c(F)cccc1-c1cc2ccccc2o1. The average molecular weight is 256 g/mol. The van der Waals surface area contributed by atoms with Crippen molar-refractivity contribution in [1.29, 1.82) is 0 Å². The van der Waals surface area contributed by atoms with Gasteiger partial charge in [0.2, 0.25) is 0 Å². The summed E-state index contributed by atoms with van der Waals surface area (Å²) in [6.45, 7) is 0. The lowest BCUT2D eigenvalue weighted by atomic mass is 10.0. The Labute approximate surface area is 107 Å². The Morgan fingerprint density at radius 3 is 2.63 bits per heavy atom. The molecule has 1 heterocycles. The Bertz CT molecular complexity index is 741. The van der Waals surface area contributed by atoms with E-state index in [0.29, 0.717) is 11.3 Å². The van der Waals surface area contributed by atoms with E-state index in [1.807, 2.05) is 18.2 Å². The van der Waals surface area contributed by atoms with Gasteiger partial charge in [-0.2, -0.15) is 0 Å². The molecule has 0 aliphatic rings. The molecule has 3 aromatic rings. The van der Waals surface area contributed by atoms with Gasteiger partial charge in [-0.25, -0.2) is 9.18 Å². The molecule has 1 aromatic heterocycles. The van der Waals surface area contributed by atoms with E-state index >= 15 is 0 Å². The molecule has 0 saturated heterocycles. The normalized spacial score (nSPS) is 10.8. The lowest BCUT2D eigenvalue weighted by Crippen LogP contribution is -2.02. The first-order chi connectivity index (χ1) is 9.16. The Morgan fingerprint density at radius 2 is 1.89 bits per heavy atom. The Kier molecular flexibility index (Phi) is 2.56. The van der Waals surface area contributed by atoms with Crippen LogP contribution in [-0.4, -0.2) is 11.1 Å². The molecule has 0 amide bonds. The Hall–Kier alpha value is -2.62. The van der Waals surface area contributed by atoms with Crippen LogP contribution in [0.15, 0.2) is 52.9 Å². The number of furan rings is 1. The summed E-state index contributed by atoms with van der Waals surface area (Å²) in [7, 11) is 0. The first-order valence-electron chi connectivity index (χ1n) is 5.67. The van der Waals surface area contributed by atoms with Crippen molar-refractivity contribution in [2.24, 2.45) is 0 Å². The van der Waals surface area contributed by atoms with Crippen molar-refractivity contribution in [1.82, 2.24) is 0 Å². The predicted octanol–water partition coefficient (Wildman–Crippen LogP) is 3.94. The number of carboxylic acid groups (broad SMARTS) is 1. The maximum absolute atomic E-state index is 13.6. The van der Waals surface area contributed by atoms with Crippen LogP contribution in [0, 0.1) is 5.82 Å². The summed E-state index contributed by atoms with van der Waals surface area (Å²) < 4.78 is 19.2. The summed E-state index contributed by atoms with van der Waals surface area (Å²) in [6, 6.07) is 13.1. The standard InChI is InChI=1S/C15H9FO3/c16-11-6-3-5-10(14(11)15(17)18)13-8-9-4-1-2-7-12(9)19-13/h1-8H,(H,17,18). The highest BCUT2D eigenvalue weighted by molar-refractivity contribution is 5.96. The van der Waals surface area contributed by atoms with Crippen molar-refractivity contribution in [3.63, 3.8) is 0 Å². The predicted molar refractivity (Wildman–Crippen MR) is 68.6 cm³/mol. The molecular formula is C15H9FO3. The van der Waals surface area contributed by atoms with Crippen LogP contribution in [0.1, 0.15) is 10.4 Å². The minimum absolute atomic E-state index is 0.240. The second-order valence-electron chi connectivity index (χ2n) is 4.12. The molecule has 0 fully saturated rings. The maximum atomic E-state index is 13.6. The van der Waals surface area contributed by atoms with Crippen molar-refractivity contribution in [3.8, 4) is 11.3 Å². The monoisotopic (exact) mass is 256 g/mol. The number of carboxylic acids is 1. The van der Waals surface area contributed by atoms with Crippen LogP contribution in [0.3, 0.4) is 0 Å². The van der Waals surface area contributed by atoms with Crippen molar-refractivity contribution >= 4 is 16.9 Å². The van der Waals surface area contributed by atoms with E-state index < -0.39 is 11.8 Å². The summed E-state index contributed by atoms with van der Waals surface area (Å²) in [4.78, 5) is 11.1. The summed E-state index contributed by atoms with van der Waals surface area (Å²) >= 11 is 0. The van der Waals surface area contributed by atoms with Crippen LogP contribution >= 0.6 is 0 Å². The van der Waals surface area contributed by atoms with Crippen molar-refractivity contribution in [2.75, 3.05) is 0 Å². The lowest BCUT2D eigenvalue weighted by molar-refractivity contribution is 0.0692. The number of hydrogen-bond donors (Lipinski definition) is 1. The van der Waals surface area contributed by atoms with E-state index in [1.165, 1.54) is 12.1 Å². The Balaban J connectivity index is 2.27. The fourth-order valence-corrected chi connectivity index (χ4v) is 2.06. The van der Waals surface area contributed by atoms with Crippen LogP contribution in [-0.2, 0) is 0 Å². The number of benzene rings is 2. The number of rotatable bonds is 2. The highest BCUT2D eigenvalue weighted by atomic mass is 19.1. The van der Waals surface area contributed by atoms with Gasteiger partial charge in [0.05, 0.1) is 0 Å². The van der Waals surface area contributed by atoms with Gasteiger partial charge in [0.1, 0.15) is 22.7 Å². The van der Waals surface area contributed by atoms with E-state index in [0.717, 1.165) is 11.5 Å². The molecule has 0 atom stereocenters. The highest BCUT2D eigenvalue weighted by Crippen LogP contribution is 2.31. The van der Waals surface area contributed by atoms with Crippen LogP contribution in [0.5, 0.6) is 0 Å². The lowest BCUT2D eigenvalue weighted by Gasteiger charge is -2.03. The maximum Gasteiger partial charge on any atom is 0.339 e. The van der Waals surface area contributed by atoms with Gasteiger partial charge < -0.3 is 9.52 Å². The van der Waals surface area contributed by atoms with Gasteiger partial charge in [-0.1, -0.05) is 30.3 Å². The quantitative estimate of drug-likeness (QED) is 0.755. The third-order valence-electron chi connectivity index (χ3n) is 2.92. The van der Waals surface area contributed by atoms with E-state index in [1.54, 1.807) is 12.1 Å². The van der Waals surface area contributed by atoms with E-state index in [9.17, 15) is 9.18 Å². The number of carbonyl (C=O) groups is 1. The second-order valence-corrected chi connectivity index (χ2v) is 4.12. The number of halogens is 1. The molecule has 4 heteroatoms. The minimum Gasteiger partial charge on any atom is -0.478 e. The van der Waals surface area contributed by atoms with Gasteiger partial charge in [-0.15, -0.1) is 0 Å². The van der Waals surface area contributed by atoms with E-state index in [2.05, 4.69) is 0 Å². The summed E-state index contributed by atoms with van der Waals surface area (Å²) in [5.74, 6) is -1.74. The third kappa shape index (κ3) is 1.87. The summed E-state index contributed by atoms with van der Waals surface area (Å²) in [6.07, 6.45) is 0. The Morgan fingerprint density at radius 1 is 1.11 bits per heavy atom. The summed E-state index contributed by atoms with van der Waals surface area (Å²) in [5.41, 5.74) is 0.503. The molecule has 0 radical (unpaired) electrons. The molecule has 94 valence electrons.